The van der Waals surface area contributed by atoms with Gasteiger partial charge in [-0.05, 0) is 43.4 Å². The van der Waals surface area contributed by atoms with E-state index in [1.165, 1.54) is 22.5 Å². The maximum Gasteiger partial charge on any atom is 0.335 e. The van der Waals surface area contributed by atoms with Crippen LogP contribution in [0.1, 0.15) is 42.1 Å². The second-order valence-electron chi connectivity index (χ2n) is 5.49. The minimum absolute atomic E-state index is 0.0412. The Kier molecular flexibility index (Phi) is 4.68. The first kappa shape index (κ1) is 16.0. The van der Waals surface area contributed by atoms with Gasteiger partial charge in [-0.15, -0.1) is 0 Å². The van der Waals surface area contributed by atoms with E-state index in [-0.39, 0.29) is 10.5 Å². The molecule has 1 aromatic rings. The first-order valence-corrected chi connectivity index (χ1v) is 8.65. The maximum absolute atomic E-state index is 12.7. The Morgan fingerprint density at radius 3 is 2.48 bits per heavy atom. The SMILES string of the molecule is CCC1CCN(S(=O)(=O)c2cccc(C(=O)O)c2C)CC1. The van der Waals surface area contributed by atoms with Gasteiger partial charge in [-0.2, -0.15) is 4.31 Å². The third-order valence-corrected chi connectivity index (χ3v) is 6.33. The molecule has 116 valence electrons. The predicted octanol–water partition coefficient (Wildman–Crippen LogP) is 2.50. The Labute approximate surface area is 125 Å². The van der Waals surface area contributed by atoms with Crippen LogP contribution in [0, 0.1) is 12.8 Å². The molecule has 0 amide bonds. The quantitative estimate of drug-likeness (QED) is 0.927. The summed E-state index contributed by atoms with van der Waals surface area (Å²) in [6.45, 7) is 4.69. The van der Waals surface area contributed by atoms with Crippen molar-refractivity contribution in [2.45, 2.75) is 38.0 Å². The van der Waals surface area contributed by atoms with E-state index in [4.69, 9.17) is 5.11 Å². The van der Waals surface area contributed by atoms with Gasteiger partial charge in [0.2, 0.25) is 10.0 Å². The van der Waals surface area contributed by atoms with E-state index >= 15 is 0 Å². The second-order valence-corrected chi connectivity index (χ2v) is 7.40. The summed E-state index contributed by atoms with van der Waals surface area (Å²) in [7, 11) is -3.61. The average molecular weight is 311 g/mol. The van der Waals surface area contributed by atoms with Crippen LogP contribution in [0.25, 0.3) is 0 Å². The monoisotopic (exact) mass is 311 g/mol. The summed E-state index contributed by atoms with van der Waals surface area (Å²) < 4.78 is 26.9. The lowest BCUT2D eigenvalue weighted by Crippen LogP contribution is -2.38. The topological polar surface area (TPSA) is 74.7 Å². The van der Waals surface area contributed by atoms with Crippen molar-refractivity contribution >= 4 is 16.0 Å². The molecular formula is C15H21NO4S. The fourth-order valence-corrected chi connectivity index (χ4v) is 4.54. The molecule has 0 saturated carbocycles. The number of piperidine rings is 1. The van der Waals surface area contributed by atoms with Crippen molar-refractivity contribution in [1.82, 2.24) is 4.31 Å². The number of benzene rings is 1. The van der Waals surface area contributed by atoms with Crippen molar-refractivity contribution in [3.05, 3.63) is 29.3 Å². The molecule has 0 unspecified atom stereocenters. The van der Waals surface area contributed by atoms with Crippen molar-refractivity contribution in [2.24, 2.45) is 5.92 Å². The number of sulfonamides is 1. The fraction of sp³-hybridized carbons (Fsp3) is 0.533. The van der Waals surface area contributed by atoms with Crippen molar-refractivity contribution < 1.29 is 18.3 Å². The number of carboxylic acids is 1. The van der Waals surface area contributed by atoms with Crippen LogP contribution >= 0.6 is 0 Å². The van der Waals surface area contributed by atoms with Gasteiger partial charge >= 0.3 is 5.97 Å². The van der Waals surface area contributed by atoms with E-state index in [9.17, 15) is 13.2 Å². The molecule has 0 bridgehead atoms. The summed E-state index contributed by atoms with van der Waals surface area (Å²) in [5.41, 5.74) is 0.349. The van der Waals surface area contributed by atoms with Crippen molar-refractivity contribution in [1.29, 1.82) is 0 Å². The van der Waals surface area contributed by atoms with Crippen LogP contribution in [-0.2, 0) is 10.0 Å². The largest absolute Gasteiger partial charge is 0.478 e. The van der Waals surface area contributed by atoms with Crippen LogP contribution < -0.4 is 0 Å². The highest BCUT2D eigenvalue weighted by Gasteiger charge is 2.30. The van der Waals surface area contributed by atoms with Gasteiger partial charge in [0, 0.05) is 13.1 Å². The van der Waals surface area contributed by atoms with Crippen LogP contribution in [0.3, 0.4) is 0 Å². The lowest BCUT2D eigenvalue weighted by atomic mass is 9.96. The summed E-state index contributed by atoms with van der Waals surface area (Å²) in [5, 5.41) is 9.12. The molecule has 2 rings (SSSR count). The molecular weight excluding hydrogens is 290 g/mol. The Hall–Kier alpha value is -1.40. The van der Waals surface area contributed by atoms with Crippen LogP contribution in [-0.4, -0.2) is 36.9 Å². The Balaban J connectivity index is 2.33. The third-order valence-electron chi connectivity index (χ3n) is 4.28. The number of aromatic carboxylic acids is 1. The number of carboxylic acid groups (broad SMARTS) is 1. The summed E-state index contributed by atoms with van der Waals surface area (Å²) >= 11 is 0. The van der Waals surface area contributed by atoms with Crippen LogP contribution in [0.4, 0.5) is 0 Å². The van der Waals surface area contributed by atoms with E-state index in [2.05, 4.69) is 6.92 Å². The Morgan fingerprint density at radius 2 is 1.95 bits per heavy atom. The molecule has 6 heteroatoms. The molecule has 1 aliphatic rings. The highest BCUT2D eigenvalue weighted by atomic mass is 32.2. The summed E-state index contributed by atoms with van der Waals surface area (Å²) in [5.74, 6) is -0.517. The van der Waals surface area contributed by atoms with Gasteiger partial charge < -0.3 is 5.11 Å². The smallest absolute Gasteiger partial charge is 0.335 e. The van der Waals surface area contributed by atoms with Crippen LogP contribution in [0.2, 0.25) is 0 Å². The van der Waals surface area contributed by atoms with Crippen LogP contribution in [0.15, 0.2) is 23.1 Å². The molecule has 1 aromatic carbocycles. The first-order chi connectivity index (χ1) is 9.87. The van der Waals surface area contributed by atoms with Gasteiger partial charge in [0.25, 0.3) is 0 Å². The van der Waals surface area contributed by atoms with Crippen LogP contribution in [0.5, 0.6) is 0 Å². The zero-order chi connectivity index (χ0) is 15.6. The number of carbonyl (C=O) groups is 1. The molecule has 21 heavy (non-hydrogen) atoms. The molecule has 0 atom stereocenters. The molecule has 5 nitrogen and oxygen atoms in total. The summed E-state index contributed by atoms with van der Waals surface area (Å²) in [6.07, 6.45) is 2.81. The van der Waals surface area contributed by atoms with Gasteiger partial charge in [-0.3, -0.25) is 0 Å². The van der Waals surface area contributed by atoms with Gasteiger partial charge in [0.15, 0.2) is 0 Å². The van der Waals surface area contributed by atoms with Gasteiger partial charge in [0.05, 0.1) is 10.5 Å². The molecule has 1 fully saturated rings. The molecule has 0 aromatic heterocycles. The zero-order valence-electron chi connectivity index (χ0n) is 12.4. The van der Waals surface area contributed by atoms with Gasteiger partial charge in [-0.1, -0.05) is 19.4 Å². The van der Waals surface area contributed by atoms with E-state index in [0.29, 0.717) is 24.6 Å². The molecule has 1 N–H and O–H groups in total. The normalized spacial score (nSPS) is 17.8. The second kappa shape index (κ2) is 6.15. The molecule has 0 aliphatic carbocycles. The molecule has 1 heterocycles. The third kappa shape index (κ3) is 3.11. The summed E-state index contributed by atoms with van der Waals surface area (Å²) in [4.78, 5) is 11.3. The summed E-state index contributed by atoms with van der Waals surface area (Å²) in [6, 6.07) is 4.41. The van der Waals surface area contributed by atoms with E-state index in [1.54, 1.807) is 6.92 Å². The highest BCUT2D eigenvalue weighted by molar-refractivity contribution is 7.89. The van der Waals surface area contributed by atoms with Crippen molar-refractivity contribution in [3.8, 4) is 0 Å². The predicted molar refractivity (Wildman–Crippen MR) is 79.9 cm³/mol. The average Bonchev–Trinajstić information content (AvgIpc) is 2.47. The lowest BCUT2D eigenvalue weighted by Gasteiger charge is -2.31. The Bertz CT molecular complexity index is 631. The lowest BCUT2D eigenvalue weighted by molar-refractivity contribution is 0.0696. The molecule has 0 radical (unpaired) electrons. The maximum atomic E-state index is 12.7. The van der Waals surface area contributed by atoms with Crippen molar-refractivity contribution in [3.63, 3.8) is 0 Å². The van der Waals surface area contributed by atoms with E-state index in [1.807, 2.05) is 0 Å². The minimum Gasteiger partial charge on any atom is -0.478 e. The molecule has 1 saturated heterocycles. The molecule has 0 spiro atoms. The number of hydrogen-bond acceptors (Lipinski definition) is 3. The minimum atomic E-state index is -3.61. The van der Waals surface area contributed by atoms with E-state index in [0.717, 1.165) is 19.3 Å². The number of hydrogen-bond donors (Lipinski definition) is 1. The van der Waals surface area contributed by atoms with Gasteiger partial charge in [0.1, 0.15) is 0 Å². The Morgan fingerprint density at radius 1 is 1.33 bits per heavy atom. The van der Waals surface area contributed by atoms with E-state index < -0.39 is 16.0 Å². The number of rotatable bonds is 4. The number of nitrogens with zero attached hydrogens (tertiary/aromatic N) is 1. The van der Waals surface area contributed by atoms with Gasteiger partial charge in [-0.25, -0.2) is 13.2 Å². The first-order valence-electron chi connectivity index (χ1n) is 7.21. The standard InChI is InChI=1S/C15H21NO4S/c1-3-12-7-9-16(10-8-12)21(19,20)14-6-4-5-13(11(14)2)15(17)18/h4-6,12H,3,7-10H2,1-2H3,(H,17,18). The zero-order valence-corrected chi connectivity index (χ0v) is 13.2. The highest BCUT2D eigenvalue weighted by Crippen LogP contribution is 2.27. The van der Waals surface area contributed by atoms with Crippen molar-refractivity contribution in [2.75, 3.05) is 13.1 Å². The molecule has 1 aliphatic heterocycles. The fourth-order valence-electron chi connectivity index (χ4n) is 2.82.